The highest BCUT2D eigenvalue weighted by Crippen LogP contribution is 2.33. The molecule has 0 bridgehead atoms. The van der Waals surface area contributed by atoms with Crippen molar-refractivity contribution in [2.24, 2.45) is 16.3 Å². The maximum atomic E-state index is 6.11. The summed E-state index contributed by atoms with van der Waals surface area (Å²) >= 11 is 0. The van der Waals surface area contributed by atoms with Crippen LogP contribution in [0.4, 0.5) is 0 Å². The molecule has 2 N–H and O–H groups in total. The minimum Gasteiger partial charge on any atom is -0.444 e. The smallest absolute Gasteiger partial charge is 0.226 e. The van der Waals surface area contributed by atoms with Crippen molar-refractivity contribution in [3.05, 3.63) is 41.8 Å². The Kier molecular flexibility index (Phi) is 9.81. The number of aryl methyl sites for hydroxylation is 1. The zero-order valence-electron chi connectivity index (χ0n) is 19.4. The zero-order chi connectivity index (χ0) is 21.6. The summed E-state index contributed by atoms with van der Waals surface area (Å²) in [5.74, 6) is 1.91. The van der Waals surface area contributed by atoms with E-state index in [9.17, 15) is 0 Å². The highest BCUT2D eigenvalue weighted by molar-refractivity contribution is 14.0. The van der Waals surface area contributed by atoms with E-state index in [-0.39, 0.29) is 35.5 Å². The van der Waals surface area contributed by atoms with Gasteiger partial charge < -0.3 is 19.8 Å². The molecular weight excluding hydrogens is 503 g/mol. The summed E-state index contributed by atoms with van der Waals surface area (Å²) < 4.78 is 11.8. The van der Waals surface area contributed by atoms with Crippen LogP contribution in [-0.2, 0) is 11.3 Å². The Labute approximate surface area is 203 Å². The molecule has 0 spiro atoms. The van der Waals surface area contributed by atoms with E-state index in [1.54, 1.807) is 6.26 Å². The van der Waals surface area contributed by atoms with Crippen molar-refractivity contribution in [1.29, 1.82) is 0 Å². The number of rotatable bonds is 6. The lowest BCUT2D eigenvalue weighted by molar-refractivity contribution is -0.0835. The monoisotopic (exact) mass is 540 g/mol. The Morgan fingerprint density at radius 3 is 2.61 bits per heavy atom. The highest BCUT2D eigenvalue weighted by Gasteiger charge is 2.35. The standard InChI is InChI=1S/C24H36N4O2.HI/c1-6-25-23(26-14-19-8-7-13-29-21(19)24(3,4)5)27-15-20-16-30-22(28-20)18-11-9-17(2)10-12-18;/h9-12,16,19,21H,6-8,13-15H2,1-5H3,(H2,25,26,27);1H. The Bertz CT molecular complexity index is 827. The summed E-state index contributed by atoms with van der Waals surface area (Å²) in [6.45, 7) is 13.9. The van der Waals surface area contributed by atoms with Crippen molar-refractivity contribution < 1.29 is 9.15 Å². The lowest BCUT2D eigenvalue weighted by Gasteiger charge is -2.40. The summed E-state index contributed by atoms with van der Waals surface area (Å²) in [6.07, 6.45) is 4.24. The van der Waals surface area contributed by atoms with Crippen LogP contribution >= 0.6 is 24.0 Å². The van der Waals surface area contributed by atoms with Gasteiger partial charge in [0.1, 0.15) is 12.0 Å². The normalized spacial score (nSPS) is 19.6. The summed E-state index contributed by atoms with van der Waals surface area (Å²) in [7, 11) is 0. The van der Waals surface area contributed by atoms with E-state index in [0.717, 1.165) is 43.3 Å². The molecule has 7 heteroatoms. The molecule has 1 aromatic carbocycles. The summed E-state index contributed by atoms with van der Waals surface area (Å²) in [5.41, 5.74) is 3.14. The molecule has 2 atom stereocenters. The van der Waals surface area contributed by atoms with E-state index in [1.807, 2.05) is 12.1 Å². The predicted octanol–water partition coefficient (Wildman–Crippen LogP) is 5.16. The molecule has 2 unspecified atom stereocenters. The van der Waals surface area contributed by atoms with Crippen LogP contribution in [0.15, 0.2) is 39.9 Å². The number of oxazole rings is 1. The van der Waals surface area contributed by atoms with Crippen LogP contribution in [-0.4, -0.2) is 36.7 Å². The highest BCUT2D eigenvalue weighted by atomic mass is 127. The third kappa shape index (κ3) is 7.49. The second kappa shape index (κ2) is 11.9. The van der Waals surface area contributed by atoms with E-state index in [4.69, 9.17) is 14.1 Å². The van der Waals surface area contributed by atoms with Gasteiger partial charge in [-0.05, 0) is 44.2 Å². The zero-order valence-corrected chi connectivity index (χ0v) is 21.7. The predicted molar refractivity (Wildman–Crippen MR) is 137 cm³/mol. The number of aromatic nitrogens is 1. The molecule has 1 aliphatic rings. The molecule has 1 saturated heterocycles. The lowest BCUT2D eigenvalue weighted by Crippen LogP contribution is -2.47. The number of ether oxygens (including phenoxy) is 1. The van der Waals surface area contributed by atoms with Crippen LogP contribution in [0.25, 0.3) is 11.5 Å². The van der Waals surface area contributed by atoms with E-state index in [2.05, 4.69) is 62.4 Å². The minimum atomic E-state index is 0. The van der Waals surface area contributed by atoms with Crippen LogP contribution in [0.2, 0.25) is 0 Å². The van der Waals surface area contributed by atoms with Gasteiger partial charge in [0.2, 0.25) is 5.89 Å². The van der Waals surface area contributed by atoms with Crippen molar-refractivity contribution in [2.75, 3.05) is 19.7 Å². The Morgan fingerprint density at radius 2 is 1.94 bits per heavy atom. The van der Waals surface area contributed by atoms with Crippen molar-refractivity contribution >= 4 is 29.9 Å². The molecule has 2 aromatic rings. The number of hydrogen-bond acceptors (Lipinski definition) is 4. The van der Waals surface area contributed by atoms with Gasteiger partial charge in [-0.25, -0.2) is 9.98 Å². The third-order valence-corrected chi connectivity index (χ3v) is 5.42. The van der Waals surface area contributed by atoms with Crippen LogP contribution in [0.1, 0.15) is 51.8 Å². The third-order valence-electron chi connectivity index (χ3n) is 5.42. The molecule has 2 heterocycles. The summed E-state index contributed by atoms with van der Waals surface area (Å²) in [5, 5.41) is 6.84. The Hall–Kier alpha value is -1.61. The number of halogens is 1. The van der Waals surface area contributed by atoms with Crippen LogP contribution in [0.3, 0.4) is 0 Å². The van der Waals surface area contributed by atoms with Crippen molar-refractivity contribution in [3.63, 3.8) is 0 Å². The Balaban J connectivity index is 0.00000341. The first-order valence-corrected chi connectivity index (χ1v) is 11.0. The molecule has 31 heavy (non-hydrogen) atoms. The molecule has 172 valence electrons. The molecule has 1 fully saturated rings. The van der Waals surface area contributed by atoms with Gasteiger partial charge in [-0.15, -0.1) is 24.0 Å². The molecular formula is C24H37IN4O2. The van der Waals surface area contributed by atoms with Crippen molar-refractivity contribution in [3.8, 4) is 11.5 Å². The maximum absolute atomic E-state index is 6.11. The number of guanidine groups is 1. The van der Waals surface area contributed by atoms with Gasteiger partial charge in [0.25, 0.3) is 0 Å². The number of nitrogens with one attached hydrogen (secondary N) is 2. The molecule has 1 aliphatic heterocycles. The largest absolute Gasteiger partial charge is 0.444 e. The first-order chi connectivity index (χ1) is 14.4. The second-order valence-corrected chi connectivity index (χ2v) is 9.15. The first-order valence-electron chi connectivity index (χ1n) is 11.0. The van der Waals surface area contributed by atoms with Gasteiger partial charge in [-0.1, -0.05) is 38.5 Å². The first kappa shape index (κ1) is 25.6. The van der Waals surface area contributed by atoms with E-state index < -0.39 is 0 Å². The minimum absolute atomic E-state index is 0. The fourth-order valence-corrected chi connectivity index (χ4v) is 3.95. The maximum Gasteiger partial charge on any atom is 0.226 e. The molecule has 6 nitrogen and oxygen atoms in total. The average Bonchev–Trinajstić information content (AvgIpc) is 3.19. The lowest BCUT2D eigenvalue weighted by atomic mass is 9.78. The van der Waals surface area contributed by atoms with E-state index >= 15 is 0 Å². The molecule has 0 radical (unpaired) electrons. The van der Waals surface area contributed by atoms with Crippen LogP contribution < -0.4 is 10.6 Å². The molecule has 3 rings (SSSR count). The van der Waals surface area contributed by atoms with Crippen molar-refractivity contribution in [2.45, 2.75) is 60.1 Å². The summed E-state index contributed by atoms with van der Waals surface area (Å²) in [4.78, 5) is 9.29. The van der Waals surface area contributed by atoms with Crippen LogP contribution in [0.5, 0.6) is 0 Å². The molecule has 0 amide bonds. The fraction of sp³-hybridized carbons (Fsp3) is 0.583. The van der Waals surface area contributed by atoms with Gasteiger partial charge in [0, 0.05) is 31.2 Å². The number of aliphatic imine (C=N–C) groups is 1. The SMILES string of the molecule is CCNC(=NCc1coc(-c2ccc(C)cc2)n1)NCC1CCCOC1C(C)(C)C.I. The molecule has 1 aromatic heterocycles. The van der Waals surface area contributed by atoms with E-state index in [1.165, 1.54) is 12.0 Å². The number of hydrogen-bond donors (Lipinski definition) is 2. The fourth-order valence-electron chi connectivity index (χ4n) is 3.95. The van der Waals surface area contributed by atoms with Gasteiger partial charge in [-0.3, -0.25) is 0 Å². The van der Waals surface area contributed by atoms with Gasteiger partial charge in [0.15, 0.2) is 5.96 Å². The molecule has 0 saturated carbocycles. The van der Waals surface area contributed by atoms with Gasteiger partial charge in [-0.2, -0.15) is 0 Å². The van der Waals surface area contributed by atoms with Gasteiger partial charge in [0.05, 0.1) is 12.6 Å². The number of benzene rings is 1. The number of nitrogens with zero attached hydrogens (tertiary/aromatic N) is 2. The average molecular weight is 540 g/mol. The quantitative estimate of drug-likeness (QED) is 0.301. The van der Waals surface area contributed by atoms with E-state index in [0.29, 0.717) is 18.4 Å². The molecule has 0 aliphatic carbocycles. The van der Waals surface area contributed by atoms with Gasteiger partial charge >= 0.3 is 0 Å². The second-order valence-electron chi connectivity index (χ2n) is 9.15. The Morgan fingerprint density at radius 1 is 1.19 bits per heavy atom. The van der Waals surface area contributed by atoms with Crippen LogP contribution in [0, 0.1) is 18.3 Å². The topological polar surface area (TPSA) is 71.7 Å². The van der Waals surface area contributed by atoms with Crippen molar-refractivity contribution in [1.82, 2.24) is 15.6 Å². The summed E-state index contributed by atoms with van der Waals surface area (Å²) in [6, 6.07) is 8.17.